The van der Waals surface area contributed by atoms with E-state index in [1.54, 1.807) is 31.2 Å². The number of amides is 2. The molecule has 3 aromatic rings. The number of carbonyl (C=O) groups excluding carboxylic acids is 3. The first-order valence-electron chi connectivity index (χ1n) is 9.74. The molecule has 0 saturated heterocycles. The summed E-state index contributed by atoms with van der Waals surface area (Å²) in [7, 11) is -4.03. The van der Waals surface area contributed by atoms with Gasteiger partial charge in [0.15, 0.2) is 0 Å². The van der Waals surface area contributed by atoms with Gasteiger partial charge in [-0.15, -0.1) is 11.3 Å². The van der Waals surface area contributed by atoms with Crippen LogP contribution >= 0.6 is 22.9 Å². The molecule has 2 aromatic carbocycles. The normalized spacial score (nSPS) is 13.2. The first-order chi connectivity index (χ1) is 15.7. The first-order valence-corrected chi connectivity index (χ1v) is 12.4. The van der Waals surface area contributed by atoms with Crippen molar-refractivity contribution in [2.24, 2.45) is 0 Å². The Morgan fingerprint density at radius 3 is 2.24 bits per heavy atom. The SMILES string of the molecule is CCOC(=O)c1cc(CN2C(=O)c3ccccc3C2=O)sc1NS(=O)(=O)c1ccc(Cl)cc1. The van der Waals surface area contributed by atoms with Gasteiger partial charge in [-0.25, -0.2) is 13.2 Å². The lowest BCUT2D eigenvalue weighted by molar-refractivity contribution is 0.0527. The van der Waals surface area contributed by atoms with Crippen LogP contribution in [0.2, 0.25) is 5.02 Å². The zero-order chi connectivity index (χ0) is 23.8. The highest BCUT2D eigenvalue weighted by Crippen LogP contribution is 2.34. The minimum Gasteiger partial charge on any atom is -0.462 e. The number of halogens is 1. The summed E-state index contributed by atoms with van der Waals surface area (Å²) in [6, 6.07) is 13.4. The molecule has 1 aliphatic heterocycles. The Morgan fingerprint density at radius 1 is 1.06 bits per heavy atom. The van der Waals surface area contributed by atoms with Crippen molar-refractivity contribution in [3.8, 4) is 0 Å². The number of nitrogens with zero attached hydrogens (tertiary/aromatic N) is 1. The molecule has 0 bridgehead atoms. The van der Waals surface area contributed by atoms with Gasteiger partial charge in [0.25, 0.3) is 21.8 Å². The number of hydrogen-bond donors (Lipinski definition) is 1. The van der Waals surface area contributed by atoms with Gasteiger partial charge in [0.2, 0.25) is 0 Å². The number of imide groups is 1. The number of nitrogens with one attached hydrogen (secondary N) is 1. The Labute approximate surface area is 198 Å². The number of sulfonamides is 1. The van der Waals surface area contributed by atoms with Crippen molar-refractivity contribution in [1.29, 1.82) is 0 Å². The van der Waals surface area contributed by atoms with Gasteiger partial charge in [-0.2, -0.15) is 0 Å². The lowest BCUT2D eigenvalue weighted by atomic mass is 10.1. The van der Waals surface area contributed by atoms with Crippen molar-refractivity contribution in [2.75, 3.05) is 11.3 Å². The van der Waals surface area contributed by atoms with Crippen LogP contribution in [0.1, 0.15) is 42.9 Å². The van der Waals surface area contributed by atoms with Gasteiger partial charge in [0, 0.05) is 9.90 Å². The molecule has 0 unspecified atom stereocenters. The highest BCUT2D eigenvalue weighted by molar-refractivity contribution is 7.93. The van der Waals surface area contributed by atoms with E-state index in [1.807, 2.05) is 0 Å². The van der Waals surface area contributed by atoms with Gasteiger partial charge < -0.3 is 4.74 Å². The Morgan fingerprint density at radius 2 is 1.67 bits per heavy atom. The van der Waals surface area contributed by atoms with E-state index in [0.29, 0.717) is 21.0 Å². The fraction of sp³-hybridized carbons (Fsp3) is 0.136. The minimum absolute atomic E-state index is 0.00834. The fourth-order valence-electron chi connectivity index (χ4n) is 3.29. The van der Waals surface area contributed by atoms with Gasteiger partial charge in [-0.3, -0.25) is 19.2 Å². The summed E-state index contributed by atoms with van der Waals surface area (Å²) < 4.78 is 33.1. The van der Waals surface area contributed by atoms with Crippen LogP contribution in [0, 0.1) is 0 Å². The summed E-state index contributed by atoms with van der Waals surface area (Å²) in [6.45, 7) is 1.60. The lowest BCUT2D eigenvalue weighted by Crippen LogP contribution is -2.28. The molecule has 0 aliphatic carbocycles. The zero-order valence-corrected chi connectivity index (χ0v) is 19.6. The van der Waals surface area contributed by atoms with Crippen LogP contribution in [0.15, 0.2) is 59.5 Å². The molecule has 1 aromatic heterocycles. The second-order valence-corrected chi connectivity index (χ2v) is 10.2. The molecule has 2 amide bonds. The largest absolute Gasteiger partial charge is 0.462 e. The van der Waals surface area contributed by atoms with Crippen LogP contribution in [-0.4, -0.2) is 37.7 Å². The third kappa shape index (κ3) is 4.50. The summed E-state index contributed by atoms with van der Waals surface area (Å²) in [5.41, 5.74) is 0.590. The van der Waals surface area contributed by atoms with Gasteiger partial charge >= 0.3 is 5.97 Å². The molecule has 0 radical (unpaired) electrons. The van der Waals surface area contributed by atoms with Crippen LogP contribution in [0.4, 0.5) is 5.00 Å². The standard InChI is InChI=1S/C22H17ClN2O6S2/c1-2-31-22(28)18-11-14(12-25-20(26)16-5-3-4-6-17(16)21(25)27)32-19(18)24-33(29,30)15-9-7-13(23)8-10-15/h3-11,24H,2,12H2,1H3. The maximum absolute atomic E-state index is 12.8. The molecule has 33 heavy (non-hydrogen) atoms. The Kier molecular flexibility index (Phi) is 6.24. The monoisotopic (exact) mass is 504 g/mol. The van der Waals surface area contributed by atoms with Gasteiger partial charge in [0.05, 0.1) is 34.7 Å². The molecule has 8 nitrogen and oxygen atoms in total. The van der Waals surface area contributed by atoms with Crippen LogP contribution in [0.3, 0.4) is 0 Å². The van der Waals surface area contributed by atoms with Crippen LogP contribution in [0.5, 0.6) is 0 Å². The van der Waals surface area contributed by atoms with Gasteiger partial charge in [-0.1, -0.05) is 23.7 Å². The molecule has 170 valence electrons. The molecule has 11 heteroatoms. The fourth-order valence-corrected chi connectivity index (χ4v) is 5.76. The number of fused-ring (bicyclic) bond motifs is 1. The van der Waals surface area contributed by atoms with Crippen molar-refractivity contribution < 1.29 is 27.5 Å². The van der Waals surface area contributed by atoms with E-state index in [2.05, 4.69) is 4.72 Å². The number of anilines is 1. The third-order valence-corrected chi connectivity index (χ3v) is 7.60. The lowest BCUT2D eigenvalue weighted by Gasteiger charge is -2.12. The second-order valence-electron chi connectivity index (χ2n) is 6.98. The number of hydrogen-bond acceptors (Lipinski definition) is 7. The third-order valence-electron chi connectivity index (χ3n) is 4.82. The first kappa shape index (κ1) is 23.0. The summed E-state index contributed by atoms with van der Waals surface area (Å²) >= 11 is 6.78. The van der Waals surface area contributed by atoms with E-state index < -0.39 is 27.8 Å². The molecule has 0 spiro atoms. The number of ether oxygens (including phenoxy) is 1. The number of esters is 1. The molecular weight excluding hydrogens is 488 g/mol. The Hall–Kier alpha value is -3.21. The number of thiophene rings is 1. The zero-order valence-electron chi connectivity index (χ0n) is 17.2. The Bertz CT molecular complexity index is 1330. The molecule has 0 fully saturated rings. The molecule has 4 rings (SSSR count). The predicted octanol–water partition coefficient (Wildman–Crippen LogP) is 4.18. The summed E-state index contributed by atoms with van der Waals surface area (Å²) in [6.07, 6.45) is 0. The van der Waals surface area contributed by atoms with E-state index in [-0.39, 0.29) is 28.6 Å². The van der Waals surface area contributed by atoms with Gasteiger partial charge in [-0.05, 0) is 49.4 Å². The average molecular weight is 505 g/mol. The molecule has 2 heterocycles. The van der Waals surface area contributed by atoms with Crippen molar-refractivity contribution in [3.63, 3.8) is 0 Å². The topological polar surface area (TPSA) is 110 Å². The second kappa shape index (κ2) is 8.97. The van der Waals surface area contributed by atoms with E-state index >= 15 is 0 Å². The molecule has 0 atom stereocenters. The van der Waals surface area contributed by atoms with Crippen LogP contribution in [0.25, 0.3) is 0 Å². The van der Waals surface area contributed by atoms with E-state index in [4.69, 9.17) is 16.3 Å². The molecule has 1 N–H and O–H groups in total. The highest BCUT2D eigenvalue weighted by atomic mass is 35.5. The highest BCUT2D eigenvalue weighted by Gasteiger charge is 2.36. The maximum atomic E-state index is 12.8. The number of carbonyl (C=O) groups is 3. The number of rotatable bonds is 7. The summed E-state index contributed by atoms with van der Waals surface area (Å²) in [5.74, 6) is -1.63. The van der Waals surface area contributed by atoms with Crippen LogP contribution in [-0.2, 0) is 21.3 Å². The van der Waals surface area contributed by atoms with Crippen molar-refractivity contribution >= 4 is 55.7 Å². The van der Waals surface area contributed by atoms with Gasteiger partial charge in [0.1, 0.15) is 5.00 Å². The predicted molar refractivity (Wildman–Crippen MR) is 123 cm³/mol. The van der Waals surface area contributed by atoms with Crippen LogP contribution < -0.4 is 4.72 Å². The van der Waals surface area contributed by atoms with E-state index in [1.165, 1.54) is 30.3 Å². The van der Waals surface area contributed by atoms with Crippen molar-refractivity contribution in [2.45, 2.75) is 18.4 Å². The smallest absolute Gasteiger partial charge is 0.341 e. The van der Waals surface area contributed by atoms with E-state index in [9.17, 15) is 22.8 Å². The van der Waals surface area contributed by atoms with Crippen molar-refractivity contribution in [3.05, 3.63) is 81.2 Å². The number of benzene rings is 2. The van der Waals surface area contributed by atoms with E-state index in [0.717, 1.165) is 16.2 Å². The molecule has 0 saturated carbocycles. The minimum atomic E-state index is -4.03. The quantitative estimate of drug-likeness (QED) is 0.382. The Balaban J connectivity index is 1.65. The molecular formula is C22H17ClN2O6S2. The molecule has 1 aliphatic rings. The maximum Gasteiger partial charge on any atom is 0.341 e. The summed E-state index contributed by atoms with van der Waals surface area (Å²) in [4.78, 5) is 39.3. The van der Waals surface area contributed by atoms with Crippen molar-refractivity contribution in [1.82, 2.24) is 4.90 Å². The average Bonchev–Trinajstić information content (AvgIpc) is 3.28. The summed E-state index contributed by atoms with van der Waals surface area (Å²) in [5, 5.41) is 0.399.